The smallest absolute Gasteiger partial charge is 0.407 e. The molecule has 1 aliphatic rings. The second-order valence-electron chi connectivity index (χ2n) is 10.3. The summed E-state index contributed by atoms with van der Waals surface area (Å²) in [6.07, 6.45) is 0.964. The molecule has 3 N–H and O–H groups in total. The minimum atomic E-state index is -0.674. The third-order valence-electron chi connectivity index (χ3n) is 5.85. The number of ether oxygens (including phenoxy) is 5. The minimum Gasteiger partial charge on any atom is -0.496 e. The van der Waals surface area contributed by atoms with Crippen LogP contribution in [0.4, 0.5) is 21.0 Å². The molecule has 1 fully saturated rings. The number of esters is 1. The summed E-state index contributed by atoms with van der Waals surface area (Å²) < 4.78 is 32.3. The maximum Gasteiger partial charge on any atom is 0.407 e. The Bertz CT molecular complexity index is 1370. The van der Waals surface area contributed by atoms with Gasteiger partial charge in [-0.2, -0.15) is 0 Å². The Morgan fingerprint density at radius 1 is 1.02 bits per heavy atom. The highest BCUT2D eigenvalue weighted by Gasteiger charge is 2.33. The van der Waals surface area contributed by atoms with Crippen LogP contribution >= 0.6 is 0 Å². The fourth-order valence-electron chi connectivity index (χ4n) is 4.05. The number of benzene rings is 2. The van der Waals surface area contributed by atoms with E-state index < -0.39 is 35.9 Å². The molecule has 1 aliphatic heterocycles. The molecule has 3 aromatic rings. The van der Waals surface area contributed by atoms with Crippen LogP contribution in [0.15, 0.2) is 59.5 Å². The second kappa shape index (κ2) is 13.8. The van der Waals surface area contributed by atoms with Crippen molar-refractivity contribution < 1.29 is 42.5 Å². The number of hydrogen-bond acceptors (Lipinski definition) is 10. The van der Waals surface area contributed by atoms with Gasteiger partial charge in [0.2, 0.25) is 0 Å². The number of carbonyl (C=O) groups is 3. The molecule has 3 amide bonds. The van der Waals surface area contributed by atoms with Gasteiger partial charge in [0.25, 0.3) is 0 Å². The van der Waals surface area contributed by atoms with E-state index in [2.05, 4.69) is 20.9 Å². The quantitative estimate of drug-likeness (QED) is 0.293. The van der Waals surface area contributed by atoms with Gasteiger partial charge in [0.1, 0.15) is 24.1 Å². The number of aromatic nitrogens is 1. The van der Waals surface area contributed by atoms with Crippen molar-refractivity contribution in [1.82, 2.24) is 10.3 Å². The average molecular weight is 583 g/mol. The summed E-state index contributed by atoms with van der Waals surface area (Å²) in [5, 5.41) is 8.20. The molecule has 13 nitrogen and oxygen atoms in total. The summed E-state index contributed by atoms with van der Waals surface area (Å²) in [6.45, 7) is 5.50. The van der Waals surface area contributed by atoms with E-state index in [4.69, 9.17) is 28.1 Å². The number of nitrogens with one attached hydrogen (secondary N) is 3. The number of rotatable bonds is 10. The molecule has 1 aromatic heterocycles. The maximum absolute atomic E-state index is 12.6. The molecule has 2 unspecified atom stereocenters. The third-order valence-corrected chi connectivity index (χ3v) is 5.85. The first-order valence-corrected chi connectivity index (χ1v) is 13.2. The van der Waals surface area contributed by atoms with E-state index in [1.54, 1.807) is 69.4 Å². The zero-order valence-electron chi connectivity index (χ0n) is 23.8. The van der Waals surface area contributed by atoms with Gasteiger partial charge in [-0.25, -0.2) is 19.4 Å². The van der Waals surface area contributed by atoms with Crippen molar-refractivity contribution in [3.63, 3.8) is 0 Å². The largest absolute Gasteiger partial charge is 0.496 e. The van der Waals surface area contributed by atoms with Crippen LogP contribution in [0.1, 0.15) is 26.3 Å². The van der Waals surface area contributed by atoms with Gasteiger partial charge in [-0.3, -0.25) is 0 Å². The lowest BCUT2D eigenvalue weighted by Gasteiger charge is -2.22. The fourth-order valence-corrected chi connectivity index (χ4v) is 4.05. The molecular formula is C29H34N4O9. The number of anilines is 2. The van der Waals surface area contributed by atoms with E-state index in [0.717, 1.165) is 5.56 Å². The molecule has 1 saturated heterocycles. The van der Waals surface area contributed by atoms with E-state index in [1.165, 1.54) is 13.5 Å². The predicted octanol–water partition coefficient (Wildman–Crippen LogP) is 4.35. The lowest BCUT2D eigenvalue weighted by molar-refractivity contribution is -0.163. The van der Waals surface area contributed by atoms with Crippen molar-refractivity contribution in [1.29, 1.82) is 0 Å². The minimum absolute atomic E-state index is 0.146. The van der Waals surface area contributed by atoms with Gasteiger partial charge in [0, 0.05) is 24.0 Å². The van der Waals surface area contributed by atoms with Crippen molar-refractivity contribution >= 4 is 29.5 Å². The number of methoxy groups -OCH3 is 1. The van der Waals surface area contributed by atoms with Gasteiger partial charge in [0.05, 0.1) is 32.1 Å². The average Bonchev–Trinajstić information content (AvgIpc) is 3.62. The Balaban J connectivity index is 1.24. The first-order chi connectivity index (χ1) is 20.1. The second-order valence-corrected chi connectivity index (χ2v) is 10.3. The molecule has 0 bridgehead atoms. The molecule has 224 valence electrons. The molecule has 42 heavy (non-hydrogen) atoms. The number of amides is 3. The van der Waals surface area contributed by atoms with Crippen molar-refractivity contribution in [3.8, 4) is 17.1 Å². The van der Waals surface area contributed by atoms with Crippen LogP contribution in [0, 0.1) is 0 Å². The lowest BCUT2D eigenvalue weighted by Crippen LogP contribution is -2.37. The number of carbonyl (C=O) groups excluding carboxylic acids is 3. The third kappa shape index (κ3) is 8.94. The van der Waals surface area contributed by atoms with Crippen molar-refractivity contribution in [2.75, 3.05) is 37.6 Å². The summed E-state index contributed by atoms with van der Waals surface area (Å²) >= 11 is 0. The van der Waals surface area contributed by atoms with E-state index in [-0.39, 0.29) is 26.4 Å². The Kier molecular flexibility index (Phi) is 9.99. The first kappa shape index (κ1) is 30.3. The van der Waals surface area contributed by atoms with Crippen LogP contribution in [0.25, 0.3) is 11.3 Å². The monoisotopic (exact) mass is 582 g/mol. The van der Waals surface area contributed by atoms with E-state index >= 15 is 0 Å². The van der Waals surface area contributed by atoms with Crippen LogP contribution in [0.2, 0.25) is 0 Å². The summed E-state index contributed by atoms with van der Waals surface area (Å²) in [6, 6.07) is 11.7. The van der Waals surface area contributed by atoms with Gasteiger partial charge < -0.3 is 44.1 Å². The van der Waals surface area contributed by atoms with E-state index in [0.29, 0.717) is 28.4 Å². The Morgan fingerprint density at radius 3 is 2.50 bits per heavy atom. The van der Waals surface area contributed by atoms with Crippen molar-refractivity contribution in [3.05, 3.63) is 60.6 Å². The Labute approximate surface area is 242 Å². The fraction of sp³-hybridized carbons (Fsp3) is 0.379. The van der Waals surface area contributed by atoms with Crippen LogP contribution in [-0.4, -0.2) is 67.8 Å². The van der Waals surface area contributed by atoms with Crippen LogP contribution in [-0.2, 0) is 30.3 Å². The van der Waals surface area contributed by atoms with E-state index in [9.17, 15) is 14.4 Å². The molecule has 2 aromatic carbocycles. The summed E-state index contributed by atoms with van der Waals surface area (Å²) in [5.41, 5.74) is 1.83. The van der Waals surface area contributed by atoms with Crippen molar-refractivity contribution in [2.45, 2.75) is 45.1 Å². The lowest BCUT2D eigenvalue weighted by atomic mass is 10.1. The molecular weight excluding hydrogens is 548 g/mol. The topological polar surface area (TPSA) is 159 Å². The van der Waals surface area contributed by atoms with Crippen LogP contribution in [0.5, 0.6) is 5.75 Å². The highest BCUT2D eigenvalue weighted by molar-refractivity contribution is 6.00. The SMILES string of the molecule is COc1cc(NC(=O)Nc2cccc(CNC(=O)OC3COCC3OCC(=O)OC(C)(C)C)c2)ccc1-c1cnco1. The Morgan fingerprint density at radius 2 is 1.79 bits per heavy atom. The van der Waals surface area contributed by atoms with Crippen LogP contribution < -0.4 is 20.7 Å². The summed E-state index contributed by atoms with van der Waals surface area (Å²) in [5.74, 6) is 0.537. The molecule has 13 heteroatoms. The highest BCUT2D eigenvalue weighted by atomic mass is 16.6. The molecule has 0 aliphatic carbocycles. The predicted molar refractivity (Wildman–Crippen MR) is 151 cm³/mol. The number of urea groups is 1. The summed E-state index contributed by atoms with van der Waals surface area (Å²) in [4.78, 5) is 40.9. The molecule has 0 spiro atoms. The van der Waals surface area contributed by atoms with Crippen LogP contribution in [0.3, 0.4) is 0 Å². The van der Waals surface area contributed by atoms with E-state index in [1.807, 2.05) is 0 Å². The number of oxazole rings is 1. The normalized spacial score (nSPS) is 16.4. The van der Waals surface area contributed by atoms with Gasteiger partial charge in [-0.05, 0) is 50.6 Å². The van der Waals surface area contributed by atoms with Gasteiger partial charge in [-0.1, -0.05) is 12.1 Å². The Hall–Kier alpha value is -4.62. The first-order valence-electron chi connectivity index (χ1n) is 13.2. The molecule has 0 saturated carbocycles. The molecule has 4 rings (SSSR count). The molecule has 0 radical (unpaired) electrons. The zero-order chi connectivity index (χ0) is 30.1. The highest BCUT2D eigenvalue weighted by Crippen LogP contribution is 2.32. The van der Waals surface area contributed by atoms with Gasteiger partial charge >= 0.3 is 18.1 Å². The van der Waals surface area contributed by atoms with Gasteiger partial charge in [-0.15, -0.1) is 0 Å². The number of hydrogen-bond donors (Lipinski definition) is 3. The molecule has 2 atom stereocenters. The van der Waals surface area contributed by atoms with Crippen molar-refractivity contribution in [2.24, 2.45) is 0 Å². The number of nitrogens with zero attached hydrogens (tertiary/aromatic N) is 1. The maximum atomic E-state index is 12.6. The number of alkyl carbamates (subject to hydrolysis) is 1. The van der Waals surface area contributed by atoms with Gasteiger partial charge in [0.15, 0.2) is 18.3 Å². The zero-order valence-corrected chi connectivity index (χ0v) is 23.8. The molecule has 2 heterocycles. The summed E-state index contributed by atoms with van der Waals surface area (Å²) in [7, 11) is 1.52. The standard InChI is InChI=1S/C29H34N4O9/c1-29(2,3)42-26(34)16-39-24-14-38-15-25(24)41-28(36)31-12-18-6-5-7-19(10-18)32-27(35)33-20-8-9-21(22(11-20)37-4)23-13-30-17-40-23/h5-11,13,17,24-25H,12,14-16H2,1-4H3,(H,31,36)(H2,32,33,35).